The maximum absolute atomic E-state index is 5.56. The van der Waals surface area contributed by atoms with Crippen LogP contribution >= 0.6 is 0 Å². The summed E-state index contributed by atoms with van der Waals surface area (Å²) in [6.07, 6.45) is 5.97. The Balaban J connectivity index is 1.54. The van der Waals surface area contributed by atoms with Gasteiger partial charge in [0, 0.05) is 48.1 Å². The van der Waals surface area contributed by atoms with E-state index in [0.29, 0.717) is 24.4 Å². The Morgan fingerprint density at radius 1 is 1.31 bits per heavy atom. The first-order valence-electron chi connectivity index (χ1n) is 9.52. The molecule has 1 atom stereocenters. The Bertz CT molecular complexity index is 1150. The third-order valence-electron chi connectivity index (χ3n) is 5.28. The van der Waals surface area contributed by atoms with Crippen molar-refractivity contribution in [2.24, 2.45) is 0 Å². The summed E-state index contributed by atoms with van der Waals surface area (Å²) < 4.78 is 10.7. The number of H-pyrrole nitrogens is 1. The number of anilines is 2. The lowest BCUT2D eigenvalue weighted by atomic mass is 10.1. The van der Waals surface area contributed by atoms with Crippen LogP contribution in [0.2, 0.25) is 0 Å². The summed E-state index contributed by atoms with van der Waals surface area (Å²) in [5, 5.41) is 8.68. The molecule has 1 unspecified atom stereocenters. The Labute approximate surface area is 166 Å². The quantitative estimate of drug-likeness (QED) is 0.533. The number of hydrogen-bond acceptors (Lipinski definition) is 8. The molecule has 0 aliphatic carbocycles. The number of ether oxygens (including phenoxy) is 1. The van der Waals surface area contributed by atoms with E-state index in [1.54, 1.807) is 13.3 Å². The van der Waals surface area contributed by atoms with Gasteiger partial charge in [0.25, 0.3) is 0 Å². The van der Waals surface area contributed by atoms with E-state index in [2.05, 4.69) is 25.1 Å². The van der Waals surface area contributed by atoms with Gasteiger partial charge in [-0.3, -0.25) is 0 Å². The minimum absolute atomic E-state index is 0.0432. The van der Waals surface area contributed by atoms with E-state index in [4.69, 9.17) is 19.9 Å². The highest BCUT2D eigenvalue weighted by Crippen LogP contribution is 2.32. The van der Waals surface area contributed by atoms with Crippen LogP contribution in [0.3, 0.4) is 0 Å². The first-order chi connectivity index (χ1) is 14.2. The Kier molecular flexibility index (Phi) is 4.36. The smallest absolute Gasteiger partial charge is 0.313 e. The Morgan fingerprint density at radius 3 is 3.07 bits per heavy atom. The van der Waals surface area contributed by atoms with Crippen LogP contribution in [0.1, 0.15) is 12.8 Å². The lowest BCUT2D eigenvalue weighted by Gasteiger charge is -2.25. The average molecular weight is 391 g/mol. The van der Waals surface area contributed by atoms with Crippen LogP contribution in [0.15, 0.2) is 41.1 Å². The summed E-state index contributed by atoms with van der Waals surface area (Å²) in [4.78, 5) is 15.0. The van der Waals surface area contributed by atoms with Crippen molar-refractivity contribution in [1.29, 1.82) is 0 Å². The largest absolute Gasteiger partial charge is 0.404 e. The van der Waals surface area contributed by atoms with Gasteiger partial charge in [-0.15, -0.1) is 5.10 Å². The highest BCUT2D eigenvalue weighted by molar-refractivity contribution is 5.96. The fraction of sp³-hybridized carbons (Fsp3) is 0.300. The highest BCUT2D eigenvalue weighted by Gasteiger charge is 2.26. The molecule has 0 radical (unpaired) electrons. The van der Waals surface area contributed by atoms with Crippen molar-refractivity contribution in [3.05, 3.63) is 36.7 Å². The summed E-state index contributed by atoms with van der Waals surface area (Å²) in [7, 11) is 1.74. The van der Waals surface area contributed by atoms with E-state index in [0.717, 1.165) is 47.2 Å². The first-order valence-corrected chi connectivity index (χ1v) is 9.52. The lowest BCUT2D eigenvalue weighted by molar-refractivity contribution is 0.180. The summed E-state index contributed by atoms with van der Waals surface area (Å²) in [6, 6.07) is 8.20. The lowest BCUT2D eigenvalue weighted by Crippen LogP contribution is -2.33. The summed E-state index contributed by atoms with van der Waals surface area (Å²) in [5.41, 5.74) is 8.24. The molecule has 1 saturated heterocycles. The van der Waals surface area contributed by atoms with Gasteiger partial charge in [-0.2, -0.15) is 0 Å². The third-order valence-corrected chi connectivity index (χ3v) is 5.28. The predicted octanol–water partition coefficient (Wildman–Crippen LogP) is 2.87. The van der Waals surface area contributed by atoms with Crippen molar-refractivity contribution in [3.63, 3.8) is 0 Å². The van der Waals surface area contributed by atoms with Crippen LogP contribution in [0.5, 0.6) is 0 Å². The van der Waals surface area contributed by atoms with Crippen molar-refractivity contribution in [1.82, 2.24) is 25.1 Å². The molecule has 4 heterocycles. The van der Waals surface area contributed by atoms with Gasteiger partial charge < -0.3 is 24.8 Å². The van der Waals surface area contributed by atoms with Crippen LogP contribution < -0.4 is 10.6 Å². The molecule has 9 nitrogen and oxygen atoms in total. The molecule has 1 fully saturated rings. The Hall–Kier alpha value is -3.46. The van der Waals surface area contributed by atoms with E-state index in [-0.39, 0.29) is 6.01 Å². The molecule has 148 valence electrons. The van der Waals surface area contributed by atoms with Crippen LogP contribution in [0.4, 0.5) is 11.8 Å². The van der Waals surface area contributed by atoms with Crippen LogP contribution in [0.25, 0.3) is 33.7 Å². The number of nitrogens with two attached hydrogens (primary N) is 1. The maximum Gasteiger partial charge on any atom is 0.313 e. The van der Waals surface area contributed by atoms with Crippen LogP contribution in [0, 0.1) is 0 Å². The number of fused-ring (bicyclic) bond motifs is 1. The van der Waals surface area contributed by atoms with E-state index < -0.39 is 0 Å². The zero-order valence-corrected chi connectivity index (χ0v) is 16.0. The normalized spacial score (nSPS) is 16.7. The van der Waals surface area contributed by atoms with Crippen molar-refractivity contribution >= 4 is 22.7 Å². The van der Waals surface area contributed by atoms with Crippen LogP contribution in [-0.4, -0.2) is 51.5 Å². The number of hydrogen-bond donors (Lipinski definition) is 2. The molecule has 3 N–H and O–H groups in total. The molecule has 0 saturated carbocycles. The van der Waals surface area contributed by atoms with E-state index in [1.807, 2.05) is 30.5 Å². The number of aromatic nitrogens is 5. The fourth-order valence-electron chi connectivity index (χ4n) is 3.93. The number of methoxy groups -OCH3 is 1. The summed E-state index contributed by atoms with van der Waals surface area (Å²) in [6.45, 7) is 1.67. The molecule has 0 bridgehead atoms. The second-order valence-electron chi connectivity index (χ2n) is 7.09. The van der Waals surface area contributed by atoms with Crippen LogP contribution in [-0.2, 0) is 4.74 Å². The maximum atomic E-state index is 5.56. The zero-order chi connectivity index (χ0) is 19.8. The topological polar surface area (TPSA) is 119 Å². The molecule has 5 rings (SSSR count). The molecular formula is C20H21N7O2. The SMILES string of the molecule is COCC1CCCN1c1ccnc(-c2c[nH]c3ccc(-c4nnc(N)o4)cc23)n1. The second kappa shape index (κ2) is 7.17. The van der Waals surface area contributed by atoms with Gasteiger partial charge >= 0.3 is 6.01 Å². The number of benzene rings is 1. The molecular weight excluding hydrogens is 370 g/mol. The monoisotopic (exact) mass is 391 g/mol. The van der Waals surface area contributed by atoms with E-state index >= 15 is 0 Å². The van der Waals surface area contributed by atoms with Gasteiger partial charge in [-0.25, -0.2) is 9.97 Å². The number of rotatable bonds is 5. The minimum atomic E-state index is 0.0432. The fourth-order valence-corrected chi connectivity index (χ4v) is 3.93. The number of nitrogen functional groups attached to an aromatic ring is 1. The molecule has 3 aromatic heterocycles. The first kappa shape index (κ1) is 17.6. The molecule has 1 aliphatic heterocycles. The molecule has 0 amide bonds. The Morgan fingerprint density at radius 2 is 2.24 bits per heavy atom. The van der Waals surface area contributed by atoms with Gasteiger partial charge in [-0.1, -0.05) is 5.10 Å². The molecule has 9 heteroatoms. The van der Waals surface area contributed by atoms with E-state index in [1.165, 1.54) is 0 Å². The number of aromatic amines is 1. The predicted molar refractivity (Wildman–Crippen MR) is 109 cm³/mol. The molecule has 29 heavy (non-hydrogen) atoms. The minimum Gasteiger partial charge on any atom is -0.404 e. The van der Waals surface area contributed by atoms with Gasteiger partial charge in [0.05, 0.1) is 12.6 Å². The van der Waals surface area contributed by atoms with Crippen molar-refractivity contribution in [2.45, 2.75) is 18.9 Å². The molecule has 4 aromatic rings. The highest BCUT2D eigenvalue weighted by atomic mass is 16.5. The van der Waals surface area contributed by atoms with Gasteiger partial charge in [-0.05, 0) is 37.1 Å². The van der Waals surface area contributed by atoms with Gasteiger partial charge in [0.15, 0.2) is 5.82 Å². The zero-order valence-electron chi connectivity index (χ0n) is 16.0. The van der Waals surface area contributed by atoms with Gasteiger partial charge in [0.1, 0.15) is 5.82 Å². The summed E-state index contributed by atoms with van der Waals surface area (Å²) in [5.74, 6) is 1.97. The van der Waals surface area contributed by atoms with Gasteiger partial charge in [0.2, 0.25) is 5.89 Å². The number of nitrogens with one attached hydrogen (secondary N) is 1. The number of nitrogens with zero attached hydrogens (tertiary/aromatic N) is 5. The molecule has 1 aromatic carbocycles. The molecule has 1 aliphatic rings. The van der Waals surface area contributed by atoms with Crippen molar-refractivity contribution in [2.75, 3.05) is 30.9 Å². The molecule has 0 spiro atoms. The average Bonchev–Trinajstić information content (AvgIpc) is 3.47. The van der Waals surface area contributed by atoms with Crippen molar-refractivity contribution < 1.29 is 9.15 Å². The van der Waals surface area contributed by atoms with E-state index in [9.17, 15) is 0 Å². The second-order valence-corrected chi connectivity index (χ2v) is 7.09. The summed E-state index contributed by atoms with van der Waals surface area (Å²) >= 11 is 0. The van der Waals surface area contributed by atoms with Crippen molar-refractivity contribution in [3.8, 4) is 22.8 Å². The third kappa shape index (κ3) is 3.19. The standard InChI is InChI=1S/C20H21N7O2/c1-28-11-13-3-2-8-27(13)17-6-7-22-18(24-17)15-10-23-16-5-4-12(9-14(15)16)19-25-26-20(21)29-19/h4-7,9-10,13,23H,2-3,8,11H2,1H3,(H2,21,26).